The number of nitrogens with zero attached hydrogens (tertiary/aromatic N) is 1. The van der Waals surface area contributed by atoms with Gasteiger partial charge in [0.15, 0.2) is 0 Å². The van der Waals surface area contributed by atoms with Gasteiger partial charge < -0.3 is 10.6 Å². The Morgan fingerprint density at radius 1 is 0.958 bits per heavy atom. The van der Waals surface area contributed by atoms with Crippen LogP contribution in [0.3, 0.4) is 0 Å². The second-order valence-electron chi connectivity index (χ2n) is 7.95. The SMILES string of the molecule is CC(C)(C)c1ccc(C2CC(N)CN(c3ccc(Cl)cc3)C2)cc1. The second-order valence-corrected chi connectivity index (χ2v) is 8.38. The monoisotopic (exact) mass is 342 g/mol. The first-order chi connectivity index (χ1) is 11.3. The molecule has 2 unspecified atom stereocenters. The summed E-state index contributed by atoms with van der Waals surface area (Å²) in [5.74, 6) is 0.471. The first-order valence-electron chi connectivity index (χ1n) is 8.69. The molecule has 1 fully saturated rings. The van der Waals surface area contributed by atoms with E-state index in [-0.39, 0.29) is 11.5 Å². The van der Waals surface area contributed by atoms with Crippen LogP contribution in [0.5, 0.6) is 0 Å². The average Bonchev–Trinajstić information content (AvgIpc) is 2.54. The molecule has 0 saturated carbocycles. The molecular weight excluding hydrogens is 316 g/mol. The van der Waals surface area contributed by atoms with Crippen LogP contribution in [0.25, 0.3) is 0 Å². The molecule has 1 heterocycles. The molecule has 1 aliphatic rings. The predicted molar refractivity (Wildman–Crippen MR) is 104 cm³/mol. The molecule has 3 rings (SSSR count). The zero-order valence-electron chi connectivity index (χ0n) is 14.8. The minimum absolute atomic E-state index is 0.191. The van der Waals surface area contributed by atoms with Crippen LogP contribution < -0.4 is 10.6 Å². The van der Waals surface area contributed by atoms with E-state index in [1.165, 1.54) is 16.8 Å². The van der Waals surface area contributed by atoms with Gasteiger partial charge in [-0.05, 0) is 47.2 Å². The molecule has 2 nitrogen and oxygen atoms in total. The summed E-state index contributed by atoms with van der Waals surface area (Å²) in [6.45, 7) is 8.66. The molecule has 24 heavy (non-hydrogen) atoms. The molecule has 0 spiro atoms. The van der Waals surface area contributed by atoms with Crippen molar-refractivity contribution in [3.63, 3.8) is 0 Å². The Morgan fingerprint density at radius 2 is 1.58 bits per heavy atom. The van der Waals surface area contributed by atoms with E-state index in [1.807, 2.05) is 12.1 Å². The summed E-state index contributed by atoms with van der Waals surface area (Å²) >= 11 is 6.01. The van der Waals surface area contributed by atoms with Crippen LogP contribution in [0.2, 0.25) is 5.02 Å². The van der Waals surface area contributed by atoms with E-state index in [9.17, 15) is 0 Å². The van der Waals surface area contributed by atoms with Crippen LogP contribution in [0.15, 0.2) is 48.5 Å². The minimum Gasteiger partial charge on any atom is -0.369 e. The Morgan fingerprint density at radius 3 is 2.17 bits per heavy atom. The van der Waals surface area contributed by atoms with E-state index in [0.29, 0.717) is 5.92 Å². The van der Waals surface area contributed by atoms with Crippen LogP contribution in [-0.2, 0) is 5.41 Å². The van der Waals surface area contributed by atoms with Crippen molar-refractivity contribution in [2.24, 2.45) is 5.73 Å². The summed E-state index contributed by atoms with van der Waals surface area (Å²) in [6.07, 6.45) is 1.04. The highest BCUT2D eigenvalue weighted by Gasteiger charge is 2.26. The van der Waals surface area contributed by atoms with Crippen LogP contribution in [0, 0.1) is 0 Å². The van der Waals surface area contributed by atoms with Gasteiger partial charge in [-0.25, -0.2) is 0 Å². The topological polar surface area (TPSA) is 29.3 Å². The molecule has 0 aromatic heterocycles. The first-order valence-corrected chi connectivity index (χ1v) is 9.07. The van der Waals surface area contributed by atoms with Crippen molar-refractivity contribution in [3.05, 3.63) is 64.7 Å². The number of piperidine rings is 1. The van der Waals surface area contributed by atoms with E-state index in [2.05, 4.69) is 62.1 Å². The van der Waals surface area contributed by atoms with Crippen LogP contribution >= 0.6 is 11.6 Å². The van der Waals surface area contributed by atoms with E-state index in [4.69, 9.17) is 17.3 Å². The van der Waals surface area contributed by atoms with Crippen molar-refractivity contribution in [3.8, 4) is 0 Å². The number of hydrogen-bond acceptors (Lipinski definition) is 2. The van der Waals surface area contributed by atoms with Gasteiger partial charge >= 0.3 is 0 Å². The molecule has 0 aliphatic carbocycles. The molecular formula is C21H27ClN2. The largest absolute Gasteiger partial charge is 0.369 e. The summed E-state index contributed by atoms with van der Waals surface area (Å²) in [4.78, 5) is 2.38. The average molecular weight is 343 g/mol. The lowest BCUT2D eigenvalue weighted by Crippen LogP contribution is -2.46. The Balaban J connectivity index is 1.79. The van der Waals surface area contributed by atoms with Crippen molar-refractivity contribution in [1.29, 1.82) is 0 Å². The van der Waals surface area contributed by atoms with E-state index < -0.39 is 0 Å². The summed E-state index contributed by atoms with van der Waals surface area (Å²) < 4.78 is 0. The van der Waals surface area contributed by atoms with Gasteiger partial charge in [-0.2, -0.15) is 0 Å². The Hall–Kier alpha value is -1.51. The van der Waals surface area contributed by atoms with Crippen molar-refractivity contribution in [2.75, 3.05) is 18.0 Å². The first kappa shape index (κ1) is 17.3. The summed E-state index contributed by atoms with van der Waals surface area (Å²) in [5, 5.41) is 0.773. The third-order valence-electron chi connectivity index (χ3n) is 4.92. The Kier molecular flexibility index (Phi) is 4.89. The zero-order chi connectivity index (χ0) is 17.3. The molecule has 1 saturated heterocycles. The quantitative estimate of drug-likeness (QED) is 0.835. The fraction of sp³-hybridized carbons (Fsp3) is 0.429. The van der Waals surface area contributed by atoms with E-state index >= 15 is 0 Å². The fourth-order valence-corrected chi connectivity index (χ4v) is 3.62. The van der Waals surface area contributed by atoms with Gasteiger partial charge in [0.2, 0.25) is 0 Å². The van der Waals surface area contributed by atoms with Gasteiger partial charge in [-0.1, -0.05) is 56.6 Å². The number of anilines is 1. The summed E-state index contributed by atoms with van der Waals surface area (Å²) in [7, 11) is 0. The maximum Gasteiger partial charge on any atom is 0.0407 e. The van der Waals surface area contributed by atoms with Crippen LogP contribution in [0.4, 0.5) is 5.69 Å². The number of halogens is 1. The van der Waals surface area contributed by atoms with Gasteiger partial charge in [0, 0.05) is 35.8 Å². The number of benzene rings is 2. The second kappa shape index (κ2) is 6.78. The van der Waals surface area contributed by atoms with Gasteiger partial charge in [0.1, 0.15) is 0 Å². The molecule has 2 N–H and O–H groups in total. The highest BCUT2D eigenvalue weighted by molar-refractivity contribution is 6.30. The standard InChI is InChI=1S/C21H27ClN2/c1-21(2,3)17-6-4-15(5-7-17)16-12-19(23)14-24(13-16)20-10-8-18(22)9-11-20/h4-11,16,19H,12-14,23H2,1-3H3. The van der Waals surface area contributed by atoms with Gasteiger partial charge in [-0.15, -0.1) is 0 Å². The lowest BCUT2D eigenvalue weighted by Gasteiger charge is -2.38. The molecule has 2 aromatic carbocycles. The van der Waals surface area contributed by atoms with Gasteiger partial charge in [0.05, 0.1) is 0 Å². The normalized spacial score (nSPS) is 21.8. The lowest BCUT2D eigenvalue weighted by molar-refractivity contribution is 0.453. The molecule has 128 valence electrons. The number of nitrogens with two attached hydrogens (primary N) is 1. The molecule has 0 bridgehead atoms. The Labute approximate surface area is 150 Å². The van der Waals surface area contributed by atoms with Crippen molar-refractivity contribution in [2.45, 2.75) is 44.6 Å². The van der Waals surface area contributed by atoms with Gasteiger partial charge in [0.25, 0.3) is 0 Å². The number of rotatable bonds is 2. The van der Waals surface area contributed by atoms with Crippen molar-refractivity contribution < 1.29 is 0 Å². The van der Waals surface area contributed by atoms with Crippen LogP contribution in [-0.4, -0.2) is 19.1 Å². The Bertz CT molecular complexity index is 670. The molecule has 1 aliphatic heterocycles. The number of hydrogen-bond donors (Lipinski definition) is 1. The fourth-order valence-electron chi connectivity index (χ4n) is 3.50. The maximum absolute atomic E-state index is 6.35. The summed E-state index contributed by atoms with van der Waals surface area (Å²) in [5.41, 5.74) is 10.5. The molecule has 0 radical (unpaired) electrons. The lowest BCUT2D eigenvalue weighted by atomic mass is 9.83. The minimum atomic E-state index is 0.191. The van der Waals surface area contributed by atoms with Crippen LogP contribution in [0.1, 0.15) is 44.2 Å². The van der Waals surface area contributed by atoms with E-state index in [1.54, 1.807) is 0 Å². The summed E-state index contributed by atoms with van der Waals surface area (Å²) in [6, 6.07) is 17.4. The highest BCUT2D eigenvalue weighted by atomic mass is 35.5. The van der Waals surface area contributed by atoms with Crippen molar-refractivity contribution >= 4 is 17.3 Å². The third-order valence-corrected chi connectivity index (χ3v) is 5.17. The molecule has 2 atom stereocenters. The molecule has 3 heteroatoms. The highest BCUT2D eigenvalue weighted by Crippen LogP contribution is 2.31. The third kappa shape index (κ3) is 3.93. The van der Waals surface area contributed by atoms with Crippen molar-refractivity contribution in [1.82, 2.24) is 0 Å². The van der Waals surface area contributed by atoms with Gasteiger partial charge in [-0.3, -0.25) is 0 Å². The molecule has 2 aromatic rings. The predicted octanol–water partition coefficient (Wildman–Crippen LogP) is 4.96. The zero-order valence-corrected chi connectivity index (χ0v) is 15.6. The van der Waals surface area contributed by atoms with E-state index in [0.717, 1.165) is 24.5 Å². The maximum atomic E-state index is 6.35. The smallest absolute Gasteiger partial charge is 0.0407 e. The molecule has 0 amide bonds.